The summed E-state index contributed by atoms with van der Waals surface area (Å²) in [6, 6.07) is 19.8. The molecule has 27 heavy (non-hydrogen) atoms. The maximum absolute atomic E-state index is 13.4. The molecule has 2 bridgehead atoms. The first-order valence-corrected chi connectivity index (χ1v) is 9.90. The number of fused-ring (bicyclic) bond motifs is 3. The van der Waals surface area contributed by atoms with Crippen LogP contribution < -0.4 is 10.6 Å². The minimum absolute atomic E-state index is 0.0527. The van der Waals surface area contributed by atoms with Crippen molar-refractivity contribution in [3.63, 3.8) is 0 Å². The van der Waals surface area contributed by atoms with Crippen molar-refractivity contribution in [2.75, 3.05) is 0 Å². The molecule has 3 heterocycles. The number of amides is 1. The Kier molecular flexibility index (Phi) is 4.01. The van der Waals surface area contributed by atoms with Gasteiger partial charge in [0.1, 0.15) is 0 Å². The van der Waals surface area contributed by atoms with E-state index in [0.29, 0.717) is 12.1 Å². The topological polar surface area (TPSA) is 46.1 Å². The molecule has 0 spiro atoms. The van der Waals surface area contributed by atoms with Crippen LogP contribution in [0.25, 0.3) is 22.2 Å². The average Bonchev–Trinajstić information content (AvgIpc) is 3.19. The molecule has 2 fully saturated rings. The number of nitrogens with one attached hydrogen (secondary N) is 2. The predicted molar refractivity (Wildman–Crippen MR) is 109 cm³/mol. The Balaban J connectivity index is 1.56. The van der Waals surface area contributed by atoms with Gasteiger partial charge in [-0.1, -0.05) is 48.5 Å². The van der Waals surface area contributed by atoms with Gasteiger partial charge in [-0.3, -0.25) is 4.79 Å². The van der Waals surface area contributed by atoms with Crippen molar-refractivity contribution < 1.29 is 4.79 Å². The lowest BCUT2D eigenvalue weighted by molar-refractivity contribution is 0.0926. The van der Waals surface area contributed by atoms with Gasteiger partial charge in [-0.15, -0.1) is 0 Å². The second kappa shape index (κ2) is 6.54. The number of carbonyl (C=O) groups is 1. The normalized spacial score (nSPS) is 24.3. The minimum Gasteiger partial charge on any atom is -0.349 e. The maximum atomic E-state index is 13.4. The van der Waals surface area contributed by atoms with Crippen LogP contribution in [0.1, 0.15) is 36.0 Å². The molecule has 2 saturated heterocycles. The molecule has 1 aromatic heterocycles. The van der Waals surface area contributed by atoms with Gasteiger partial charge in [0.05, 0.1) is 11.3 Å². The van der Waals surface area contributed by atoms with E-state index in [2.05, 4.69) is 39.5 Å². The first-order valence-electron chi connectivity index (χ1n) is 9.90. The number of para-hydroxylation sites is 1. The summed E-state index contributed by atoms with van der Waals surface area (Å²) in [6.07, 6.45) is 4.54. The lowest BCUT2D eigenvalue weighted by Crippen LogP contribution is -2.48. The fourth-order valence-electron chi connectivity index (χ4n) is 4.99. The highest BCUT2D eigenvalue weighted by atomic mass is 16.1. The van der Waals surface area contributed by atoms with Gasteiger partial charge in [0.2, 0.25) is 0 Å². The molecular weight excluding hydrogens is 334 g/mol. The standard InChI is InChI=1S/C23H25N3O/c1-26-20-10-6-5-9-19(20)21(22(26)15-7-3-2-4-8-15)23(27)25-18-13-16-11-12-17(14-18)24-16/h2-10,16-18,24H,11-14H2,1H3,(H,25,27). The van der Waals surface area contributed by atoms with Crippen molar-refractivity contribution in [3.8, 4) is 11.3 Å². The molecule has 2 aliphatic heterocycles. The van der Waals surface area contributed by atoms with Gasteiger partial charge < -0.3 is 15.2 Å². The van der Waals surface area contributed by atoms with Crippen molar-refractivity contribution in [3.05, 3.63) is 60.2 Å². The Morgan fingerprint density at radius 3 is 2.41 bits per heavy atom. The van der Waals surface area contributed by atoms with Gasteiger partial charge in [0.25, 0.3) is 5.91 Å². The summed E-state index contributed by atoms with van der Waals surface area (Å²) < 4.78 is 2.14. The number of hydrogen-bond donors (Lipinski definition) is 2. The summed E-state index contributed by atoms with van der Waals surface area (Å²) in [5, 5.41) is 8.03. The predicted octanol–water partition coefficient (Wildman–Crippen LogP) is 3.86. The second-order valence-electron chi connectivity index (χ2n) is 7.95. The van der Waals surface area contributed by atoms with Crippen molar-refractivity contribution >= 4 is 16.8 Å². The molecule has 0 saturated carbocycles. The molecule has 0 radical (unpaired) electrons. The zero-order chi connectivity index (χ0) is 18.4. The van der Waals surface area contributed by atoms with E-state index in [-0.39, 0.29) is 11.9 Å². The van der Waals surface area contributed by atoms with Crippen molar-refractivity contribution in [2.45, 2.75) is 43.8 Å². The lowest BCUT2D eigenvalue weighted by Gasteiger charge is -2.29. The molecule has 5 rings (SSSR count). The number of rotatable bonds is 3. The number of benzene rings is 2. The van der Waals surface area contributed by atoms with E-state index in [0.717, 1.165) is 40.6 Å². The largest absolute Gasteiger partial charge is 0.349 e. The van der Waals surface area contributed by atoms with Crippen LogP contribution in [0.4, 0.5) is 0 Å². The average molecular weight is 359 g/mol. The Morgan fingerprint density at radius 2 is 1.67 bits per heavy atom. The first-order chi connectivity index (χ1) is 13.2. The van der Waals surface area contributed by atoms with Crippen LogP contribution in [0.3, 0.4) is 0 Å². The Morgan fingerprint density at radius 1 is 1.00 bits per heavy atom. The lowest BCUT2D eigenvalue weighted by atomic mass is 9.98. The highest BCUT2D eigenvalue weighted by Crippen LogP contribution is 2.34. The summed E-state index contributed by atoms with van der Waals surface area (Å²) in [4.78, 5) is 13.4. The highest BCUT2D eigenvalue weighted by Gasteiger charge is 2.34. The number of aromatic nitrogens is 1. The fraction of sp³-hybridized carbons (Fsp3) is 0.348. The Hall–Kier alpha value is -2.59. The monoisotopic (exact) mass is 359 g/mol. The Labute approximate surface area is 159 Å². The van der Waals surface area contributed by atoms with E-state index in [1.165, 1.54) is 12.8 Å². The molecule has 3 aromatic rings. The SMILES string of the molecule is Cn1c(-c2ccccc2)c(C(=O)NC2CC3CCC(C2)N3)c2ccccc21. The number of hydrogen-bond acceptors (Lipinski definition) is 2. The fourth-order valence-corrected chi connectivity index (χ4v) is 4.99. The van der Waals surface area contributed by atoms with E-state index >= 15 is 0 Å². The van der Waals surface area contributed by atoms with E-state index in [1.54, 1.807) is 0 Å². The summed E-state index contributed by atoms with van der Waals surface area (Å²) >= 11 is 0. The summed E-state index contributed by atoms with van der Waals surface area (Å²) in [6.45, 7) is 0. The van der Waals surface area contributed by atoms with Crippen LogP contribution in [0.5, 0.6) is 0 Å². The summed E-state index contributed by atoms with van der Waals surface area (Å²) in [5.41, 5.74) is 3.95. The molecule has 2 N–H and O–H groups in total. The van der Waals surface area contributed by atoms with Crippen LogP contribution >= 0.6 is 0 Å². The van der Waals surface area contributed by atoms with Crippen molar-refractivity contribution in [1.29, 1.82) is 0 Å². The third-order valence-corrected chi connectivity index (χ3v) is 6.19. The zero-order valence-electron chi connectivity index (χ0n) is 15.6. The summed E-state index contributed by atoms with van der Waals surface area (Å²) in [5.74, 6) is 0.0527. The number of aryl methyl sites for hydroxylation is 1. The molecule has 2 atom stereocenters. The van der Waals surface area contributed by atoms with E-state index in [9.17, 15) is 4.79 Å². The van der Waals surface area contributed by atoms with Gasteiger partial charge >= 0.3 is 0 Å². The van der Waals surface area contributed by atoms with Crippen LogP contribution in [0, 0.1) is 0 Å². The first kappa shape index (κ1) is 16.6. The number of nitrogens with zero attached hydrogens (tertiary/aromatic N) is 1. The molecule has 4 nitrogen and oxygen atoms in total. The molecule has 138 valence electrons. The highest BCUT2D eigenvalue weighted by molar-refractivity contribution is 6.12. The number of carbonyl (C=O) groups excluding carboxylic acids is 1. The minimum atomic E-state index is 0.0527. The van der Waals surface area contributed by atoms with Gasteiger partial charge in [-0.05, 0) is 37.3 Å². The van der Waals surface area contributed by atoms with Gasteiger partial charge in [-0.2, -0.15) is 0 Å². The quantitative estimate of drug-likeness (QED) is 0.746. The maximum Gasteiger partial charge on any atom is 0.254 e. The van der Waals surface area contributed by atoms with Gasteiger partial charge in [0.15, 0.2) is 0 Å². The van der Waals surface area contributed by atoms with Crippen LogP contribution in [-0.2, 0) is 7.05 Å². The zero-order valence-corrected chi connectivity index (χ0v) is 15.6. The Bertz CT molecular complexity index is 980. The van der Waals surface area contributed by atoms with Gasteiger partial charge in [-0.25, -0.2) is 0 Å². The van der Waals surface area contributed by atoms with Crippen LogP contribution in [-0.4, -0.2) is 28.6 Å². The summed E-state index contributed by atoms with van der Waals surface area (Å²) in [7, 11) is 2.05. The molecule has 2 unspecified atom stereocenters. The van der Waals surface area contributed by atoms with E-state index < -0.39 is 0 Å². The third kappa shape index (κ3) is 2.85. The van der Waals surface area contributed by atoms with E-state index in [1.807, 2.05) is 37.4 Å². The van der Waals surface area contributed by atoms with Crippen LogP contribution in [0.2, 0.25) is 0 Å². The molecular formula is C23H25N3O. The molecule has 1 amide bonds. The smallest absolute Gasteiger partial charge is 0.254 e. The molecule has 0 aliphatic carbocycles. The van der Waals surface area contributed by atoms with E-state index in [4.69, 9.17) is 0 Å². The van der Waals surface area contributed by atoms with Crippen molar-refractivity contribution in [2.24, 2.45) is 7.05 Å². The van der Waals surface area contributed by atoms with Crippen molar-refractivity contribution in [1.82, 2.24) is 15.2 Å². The molecule has 2 aromatic carbocycles. The molecule has 2 aliphatic rings. The van der Waals surface area contributed by atoms with Gasteiger partial charge in [0, 0.05) is 36.1 Å². The van der Waals surface area contributed by atoms with Crippen LogP contribution in [0.15, 0.2) is 54.6 Å². The third-order valence-electron chi connectivity index (χ3n) is 6.19. The number of piperidine rings is 1. The molecule has 4 heteroatoms. The second-order valence-corrected chi connectivity index (χ2v) is 7.95.